The molecule has 1 unspecified atom stereocenters. The third-order valence-corrected chi connectivity index (χ3v) is 2.64. The van der Waals surface area contributed by atoms with E-state index in [2.05, 4.69) is 32.8 Å². The first-order chi connectivity index (χ1) is 6.93. The monoisotopic (exact) mass is 229 g/mol. The van der Waals surface area contributed by atoms with Crippen LogP contribution in [-0.4, -0.2) is 9.78 Å². The number of hydrogen-bond donors (Lipinski definition) is 1. The zero-order valence-corrected chi connectivity index (χ0v) is 10.6. The van der Waals surface area contributed by atoms with Crippen LogP contribution in [-0.2, 0) is 0 Å². The first-order valence-corrected chi connectivity index (χ1v) is 5.79. The Morgan fingerprint density at radius 1 is 1.40 bits per heavy atom. The smallest absolute Gasteiger partial charge is 0.0834 e. The molecule has 0 bridgehead atoms. The molecule has 0 aliphatic heterocycles. The second-order valence-corrected chi connectivity index (χ2v) is 5.06. The van der Waals surface area contributed by atoms with E-state index in [-0.39, 0.29) is 6.04 Å². The maximum atomic E-state index is 6.13. The summed E-state index contributed by atoms with van der Waals surface area (Å²) in [6.07, 6.45) is 2.61. The maximum absolute atomic E-state index is 6.13. The Balaban J connectivity index is 2.95. The lowest BCUT2D eigenvalue weighted by atomic mass is 10.0. The molecule has 1 heterocycles. The van der Waals surface area contributed by atoms with Gasteiger partial charge in [0.1, 0.15) is 0 Å². The zero-order chi connectivity index (χ0) is 11.6. The normalized spacial score (nSPS) is 13.9. The Hall–Kier alpha value is -0.540. The highest BCUT2D eigenvalue weighted by Crippen LogP contribution is 2.27. The van der Waals surface area contributed by atoms with Gasteiger partial charge in [0.05, 0.1) is 16.9 Å². The van der Waals surface area contributed by atoms with Gasteiger partial charge in [0.15, 0.2) is 0 Å². The molecule has 0 saturated carbocycles. The van der Waals surface area contributed by atoms with Crippen molar-refractivity contribution in [3.8, 4) is 0 Å². The lowest BCUT2D eigenvalue weighted by Crippen LogP contribution is -2.19. The van der Waals surface area contributed by atoms with Crippen LogP contribution < -0.4 is 5.73 Å². The summed E-state index contributed by atoms with van der Waals surface area (Å²) in [7, 11) is 0. The Morgan fingerprint density at radius 2 is 2.00 bits per heavy atom. The van der Waals surface area contributed by atoms with Crippen LogP contribution >= 0.6 is 11.6 Å². The fraction of sp³-hybridized carbons (Fsp3) is 0.727. The molecule has 0 saturated heterocycles. The Morgan fingerprint density at radius 3 is 2.47 bits per heavy atom. The molecular weight excluding hydrogens is 210 g/mol. The van der Waals surface area contributed by atoms with Crippen molar-refractivity contribution >= 4 is 11.6 Å². The van der Waals surface area contributed by atoms with Crippen LogP contribution in [0.15, 0.2) is 6.20 Å². The van der Waals surface area contributed by atoms with Crippen molar-refractivity contribution < 1.29 is 0 Å². The highest BCUT2D eigenvalue weighted by Gasteiger charge is 2.19. The SMILES string of the molecule is CC(C)CC(N)c1c(Cl)cnn1C(C)C. The van der Waals surface area contributed by atoms with Crippen molar-refractivity contribution in [2.24, 2.45) is 11.7 Å². The van der Waals surface area contributed by atoms with E-state index < -0.39 is 0 Å². The molecule has 86 valence electrons. The lowest BCUT2D eigenvalue weighted by molar-refractivity contribution is 0.444. The van der Waals surface area contributed by atoms with Crippen molar-refractivity contribution in [2.45, 2.75) is 46.2 Å². The minimum atomic E-state index is -0.0256. The molecule has 0 spiro atoms. The fourth-order valence-electron chi connectivity index (χ4n) is 1.73. The molecule has 2 N–H and O–H groups in total. The van der Waals surface area contributed by atoms with Crippen molar-refractivity contribution in [3.05, 3.63) is 16.9 Å². The topological polar surface area (TPSA) is 43.8 Å². The number of aromatic nitrogens is 2. The van der Waals surface area contributed by atoms with Gasteiger partial charge in [-0.05, 0) is 26.2 Å². The Labute approximate surface area is 96.6 Å². The molecule has 0 radical (unpaired) electrons. The summed E-state index contributed by atoms with van der Waals surface area (Å²) in [6, 6.07) is 0.271. The van der Waals surface area contributed by atoms with E-state index in [1.54, 1.807) is 6.20 Å². The molecule has 1 rings (SSSR count). The second kappa shape index (κ2) is 4.99. The van der Waals surface area contributed by atoms with Gasteiger partial charge in [-0.25, -0.2) is 0 Å². The van der Waals surface area contributed by atoms with Crippen LogP contribution in [0.25, 0.3) is 0 Å². The molecule has 0 aromatic carbocycles. The van der Waals surface area contributed by atoms with E-state index in [1.807, 2.05) is 4.68 Å². The summed E-state index contributed by atoms with van der Waals surface area (Å²) in [6.45, 7) is 8.47. The molecule has 15 heavy (non-hydrogen) atoms. The van der Waals surface area contributed by atoms with E-state index in [9.17, 15) is 0 Å². The van der Waals surface area contributed by atoms with Gasteiger partial charge >= 0.3 is 0 Å². The molecule has 0 fully saturated rings. The number of halogens is 1. The largest absolute Gasteiger partial charge is 0.323 e. The molecule has 0 aliphatic rings. The summed E-state index contributed by atoms with van der Waals surface area (Å²) in [5.74, 6) is 0.562. The maximum Gasteiger partial charge on any atom is 0.0834 e. The van der Waals surface area contributed by atoms with Crippen molar-refractivity contribution in [3.63, 3.8) is 0 Å². The molecule has 1 atom stereocenters. The first-order valence-electron chi connectivity index (χ1n) is 5.42. The van der Waals surface area contributed by atoms with Gasteiger partial charge in [0, 0.05) is 12.1 Å². The van der Waals surface area contributed by atoms with Crippen molar-refractivity contribution in [1.82, 2.24) is 9.78 Å². The second-order valence-electron chi connectivity index (χ2n) is 4.65. The van der Waals surface area contributed by atoms with Crippen LogP contribution in [0.5, 0.6) is 0 Å². The predicted octanol–water partition coefficient (Wildman–Crippen LogP) is 3.16. The standard InChI is InChI=1S/C11H20ClN3/c1-7(2)5-10(13)11-9(12)6-14-15(11)8(3)4/h6-8,10H,5,13H2,1-4H3. The average Bonchev–Trinajstić information content (AvgIpc) is 2.45. The van der Waals surface area contributed by atoms with E-state index in [4.69, 9.17) is 17.3 Å². The van der Waals surface area contributed by atoms with Gasteiger partial charge in [0.25, 0.3) is 0 Å². The Bertz CT molecular complexity index is 318. The number of rotatable bonds is 4. The van der Waals surface area contributed by atoms with E-state index >= 15 is 0 Å². The van der Waals surface area contributed by atoms with Gasteiger partial charge in [-0.15, -0.1) is 0 Å². The Kier molecular flexibility index (Phi) is 4.17. The van der Waals surface area contributed by atoms with Crippen LogP contribution in [0.1, 0.15) is 51.9 Å². The molecule has 1 aromatic heterocycles. The predicted molar refractivity (Wildman–Crippen MR) is 64.0 cm³/mol. The molecule has 0 aliphatic carbocycles. The van der Waals surface area contributed by atoms with Crippen LogP contribution in [0.3, 0.4) is 0 Å². The quantitative estimate of drug-likeness (QED) is 0.862. The third-order valence-electron chi connectivity index (χ3n) is 2.35. The van der Waals surface area contributed by atoms with E-state index in [1.165, 1.54) is 0 Å². The van der Waals surface area contributed by atoms with Crippen molar-refractivity contribution in [1.29, 1.82) is 0 Å². The number of hydrogen-bond acceptors (Lipinski definition) is 2. The van der Waals surface area contributed by atoms with Gasteiger partial charge in [-0.3, -0.25) is 4.68 Å². The minimum Gasteiger partial charge on any atom is -0.323 e. The summed E-state index contributed by atoms with van der Waals surface area (Å²) in [5.41, 5.74) is 7.09. The summed E-state index contributed by atoms with van der Waals surface area (Å²) in [4.78, 5) is 0. The summed E-state index contributed by atoms with van der Waals surface area (Å²) < 4.78 is 1.91. The number of nitrogens with zero attached hydrogens (tertiary/aromatic N) is 2. The fourth-order valence-corrected chi connectivity index (χ4v) is 2.00. The highest BCUT2D eigenvalue weighted by atomic mass is 35.5. The molecule has 0 amide bonds. The molecular formula is C11H20ClN3. The van der Waals surface area contributed by atoms with Gasteiger partial charge in [-0.2, -0.15) is 5.10 Å². The minimum absolute atomic E-state index is 0.0256. The molecule has 4 heteroatoms. The van der Waals surface area contributed by atoms with E-state index in [0.29, 0.717) is 17.0 Å². The van der Waals surface area contributed by atoms with Gasteiger partial charge < -0.3 is 5.73 Å². The third kappa shape index (κ3) is 2.95. The zero-order valence-electron chi connectivity index (χ0n) is 9.87. The summed E-state index contributed by atoms with van der Waals surface area (Å²) >= 11 is 6.10. The van der Waals surface area contributed by atoms with Gasteiger partial charge in [0.2, 0.25) is 0 Å². The van der Waals surface area contributed by atoms with Crippen LogP contribution in [0, 0.1) is 5.92 Å². The highest BCUT2D eigenvalue weighted by molar-refractivity contribution is 6.31. The van der Waals surface area contributed by atoms with Gasteiger partial charge in [-0.1, -0.05) is 25.4 Å². The van der Waals surface area contributed by atoms with Crippen LogP contribution in [0.4, 0.5) is 0 Å². The first kappa shape index (κ1) is 12.5. The molecule has 3 nitrogen and oxygen atoms in total. The lowest BCUT2D eigenvalue weighted by Gasteiger charge is -2.18. The van der Waals surface area contributed by atoms with Crippen molar-refractivity contribution in [2.75, 3.05) is 0 Å². The number of nitrogens with two attached hydrogens (primary N) is 1. The van der Waals surface area contributed by atoms with E-state index in [0.717, 1.165) is 12.1 Å². The molecule has 1 aromatic rings. The van der Waals surface area contributed by atoms with Crippen LogP contribution in [0.2, 0.25) is 5.02 Å². The average molecular weight is 230 g/mol. The summed E-state index contributed by atoms with van der Waals surface area (Å²) in [5, 5.41) is 4.93.